The van der Waals surface area contributed by atoms with Crippen LogP contribution in [0.3, 0.4) is 0 Å². The molecule has 3 heterocycles. The summed E-state index contributed by atoms with van der Waals surface area (Å²) in [5.41, 5.74) is 5.23. The lowest BCUT2D eigenvalue weighted by molar-refractivity contribution is -0.769. The summed E-state index contributed by atoms with van der Waals surface area (Å²) in [7, 11) is 1.69. The summed E-state index contributed by atoms with van der Waals surface area (Å²) >= 11 is 0. The van der Waals surface area contributed by atoms with Gasteiger partial charge in [0.15, 0.2) is 0 Å². The van der Waals surface area contributed by atoms with Crippen molar-refractivity contribution in [3.05, 3.63) is 89.8 Å². The van der Waals surface area contributed by atoms with Crippen LogP contribution in [0.2, 0.25) is 0 Å². The monoisotopic (exact) mass is 430 g/mol. The minimum absolute atomic E-state index is 0.219. The average molecular weight is 431 g/mol. The Morgan fingerprint density at radius 2 is 2.00 bits per heavy atom. The minimum Gasteiger partial charge on any atom is -0.495 e. The fraction of sp³-hybridized carbons (Fsp3) is 0.240. The molecule has 0 radical (unpaired) electrons. The Balaban J connectivity index is 1.45. The van der Waals surface area contributed by atoms with Gasteiger partial charge in [0.2, 0.25) is 0 Å². The molecule has 0 amide bonds. The second-order valence-electron chi connectivity index (χ2n) is 8.04. The van der Waals surface area contributed by atoms with Crippen molar-refractivity contribution in [1.82, 2.24) is 19.2 Å². The molecule has 0 N–H and O–H groups in total. The molecule has 0 aliphatic carbocycles. The Morgan fingerprint density at radius 1 is 1.16 bits per heavy atom. The molecule has 7 heteroatoms. The number of aromatic nitrogens is 5. The predicted octanol–water partition coefficient (Wildman–Crippen LogP) is 4.20. The fourth-order valence-corrected chi connectivity index (χ4v) is 4.18. The molecular weight excluding hydrogens is 405 g/mol. The van der Waals surface area contributed by atoms with Crippen LogP contribution in [0.15, 0.2) is 61.3 Å². The van der Waals surface area contributed by atoms with Gasteiger partial charge >= 0.3 is 6.33 Å². The summed E-state index contributed by atoms with van der Waals surface area (Å²) in [6, 6.07) is 12.8. The summed E-state index contributed by atoms with van der Waals surface area (Å²) in [5.74, 6) is 1.55. The predicted molar refractivity (Wildman–Crippen MR) is 120 cm³/mol. The van der Waals surface area contributed by atoms with Crippen LogP contribution < -0.4 is 9.42 Å². The van der Waals surface area contributed by atoms with Crippen molar-refractivity contribution in [2.45, 2.75) is 32.9 Å². The average Bonchev–Trinajstić information content (AvgIpc) is 3.42. The molecule has 2 aromatic heterocycles. The molecule has 0 unspecified atom stereocenters. The van der Waals surface area contributed by atoms with E-state index >= 15 is 0 Å². The largest absolute Gasteiger partial charge is 0.495 e. The second-order valence-corrected chi connectivity index (χ2v) is 8.04. The Bertz CT molecular complexity index is 1290. The molecule has 0 saturated carbocycles. The van der Waals surface area contributed by atoms with Gasteiger partial charge in [-0.15, -0.1) is 0 Å². The van der Waals surface area contributed by atoms with Crippen LogP contribution in [-0.2, 0) is 13.1 Å². The molecule has 1 aliphatic rings. The maximum Gasteiger partial charge on any atom is 0.308 e. The van der Waals surface area contributed by atoms with E-state index < -0.39 is 0 Å². The third-order valence-corrected chi connectivity index (χ3v) is 5.76. The molecule has 32 heavy (non-hydrogen) atoms. The van der Waals surface area contributed by atoms with Crippen LogP contribution in [0.4, 0.5) is 4.39 Å². The van der Waals surface area contributed by atoms with Crippen molar-refractivity contribution in [2.24, 2.45) is 0 Å². The lowest BCUT2D eigenvalue weighted by atomic mass is 10.0. The van der Waals surface area contributed by atoms with E-state index in [0.29, 0.717) is 6.54 Å². The first-order valence-electron chi connectivity index (χ1n) is 10.7. The molecule has 5 rings (SSSR count). The summed E-state index contributed by atoms with van der Waals surface area (Å²) < 4.78 is 25.2. The molecule has 162 valence electrons. The van der Waals surface area contributed by atoms with Crippen molar-refractivity contribution in [1.29, 1.82) is 0 Å². The Kier molecular flexibility index (Phi) is 5.31. The van der Waals surface area contributed by atoms with Crippen LogP contribution in [0.25, 0.3) is 17.3 Å². The van der Waals surface area contributed by atoms with Crippen LogP contribution in [-0.4, -0.2) is 26.3 Å². The number of methoxy groups -OCH3 is 1. The highest BCUT2D eigenvalue weighted by Crippen LogP contribution is 2.29. The van der Waals surface area contributed by atoms with E-state index in [1.54, 1.807) is 13.4 Å². The number of allylic oxidation sites excluding steroid dienone is 1. The molecule has 1 aliphatic heterocycles. The van der Waals surface area contributed by atoms with E-state index in [-0.39, 0.29) is 5.82 Å². The van der Waals surface area contributed by atoms with E-state index in [1.165, 1.54) is 17.7 Å². The Hall–Kier alpha value is -3.74. The van der Waals surface area contributed by atoms with Crippen molar-refractivity contribution in [3.63, 3.8) is 0 Å². The van der Waals surface area contributed by atoms with Gasteiger partial charge in [-0.3, -0.25) is 0 Å². The first-order valence-corrected chi connectivity index (χ1v) is 10.7. The first kappa shape index (κ1) is 20.2. The van der Waals surface area contributed by atoms with E-state index in [9.17, 15) is 4.39 Å². The van der Waals surface area contributed by atoms with Gasteiger partial charge in [-0.05, 0) is 66.2 Å². The Labute approximate surface area is 186 Å². The molecule has 0 atom stereocenters. The van der Waals surface area contributed by atoms with Crippen molar-refractivity contribution >= 4 is 11.6 Å². The lowest BCUT2D eigenvalue weighted by Crippen LogP contribution is -2.44. The smallest absolute Gasteiger partial charge is 0.308 e. The van der Waals surface area contributed by atoms with E-state index in [4.69, 9.17) is 9.72 Å². The van der Waals surface area contributed by atoms with Crippen molar-refractivity contribution in [2.75, 3.05) is 7.11 Å². The highest BCUT2D eigenvalue weighted by atomic mass is 19.1. The third kappa shape index (κ3) is 3.93. The number of rotatable bonds is 5. The third-order valence-electron chi connectivity index (χ3n) is 5.76. The van der Waals surface area contributed by atoms with E-state index in [2.05, 4.69) is 32.6 Å². The second kappa shape index (κ2) is 8.42. The molecule has 0 saturated heterocycles. The number of aryl methyl sites for hydroxylation is 1. The SMILES string of the molecule is COc1cc(C=C2CCCn3c2nc[n+]3Cc2ccc(F)cc2)ccc1-n1cnc(C)c1. The first-order chi connectivity index (χ1) is 15.6. The lowest BCUT2D eigenvalue weighted by Gasteiger charge is -2.15. The van der Waals surface area contributed by atoms with Crippen LogP contribution in [0, 0.1) is 12.7 Å². The molecule has 0 bridgehead atoms. The number of halogens is 1. The molecule has 0 fully saturated rings. The van der Waals surface area contributed by atoms with E-state index in [1.807, 2.05) is 42.2 Å². The van der Waals surface area contributed by atoms with Crippen molar-refractivity contribution < 1.29 is 13.8 Å². The quantitative estimate of drug-likeness (QED) is 0.446. The number of benzene rings is 2. The molecule has 2 aromatic carbocycles. The highest BCUT2D eigenvalue weighted by molar-refractivity contribution is 5.79. The zero-order valence-electron chi connectivity index (χ0n) is 18.2. The van der Waals surface area contributed by atoms with Gasteiger partial charge < -0.3 is 9.30 Å². The van der Waals surface area contributed by atoms with Gasteiger partial charge in [-0.2, -0.15) is 9.36 Å². The number of ether oxygens (including phenoxy) is 1. The molecular formula is C25H25FN5O+. The van der Waals surface area contributed by atoms with Crippen molar-refractivity contribution in [3.8, 4) is 11.4 Å². The zero-order valence-corrected chi connectivity index (χ0v) is 18.2. The van der Waals surface area contributed by atoms with Gasteiger partial charge in [-0.1, -0.05) is 18.2 Å². The Morgan fingerprint density at radius 3 is 2.75 bits per heavy atom. The summed E-state index contributed by atoms with van der Waals surface area (Å²) in [6.07, 6.45) is 9.84. The van der Waals surface area contributed by atoms with Gasteiger partial charge in [0.25, 0.3) is 5.82 Å². The van der Waals surface area contributed by atoms with Crippen LogP contribution in [0.5, 0.6) is 5.75 Å². The normalized spacial score (nSPS) is 14.5. The topological polar surface area (TPSA) is 48.8 Å². The molecule has 4 aromatic rings. The zero-order chi connectivity index (χ0) is 22.1. The fourth-order valence-electron chi connectivity index (χ4n) is 4.18. The van der Waals surface area contributed by atoms with Gasteiger partial charge in [0.1, 0.15) is 18.1 Å². The molecule has 0 spiro atoms. The number of hydrogen-bond donors (Lipinski definition) is 0. The maximum atomic E-state index is 13.2. The highest BCUT2D eigenvalue weighted by Gasteiger charge is 2.25. The summed E-state index contributed by atoms with van der Waals surface area (Å²) in [6.45, 7) is 3.54. The van der Waals surface area contributed by atoms with E-state index in [0.717, 1.165) is 53.5 Å². The number of fused-ring (bicyclic) bond motifs is 1. The summed E-state index contributed by atoms with van der Waals surface area (Å²) in [4.78, 5) is 9.01. The maximum absolute atomic E-state index is 13.2. The number of imidazole rings is 1. The van der Waals surface area contributed by atoms with Gasteiger partial charge in [0, 0.05) is 11.8 Å². The standard InChI is InChI=1S/C25H25FN5O/c1-18-14-29(16-27-18)23-10-7-20(13-24(23)32-2)12-21-4-3-11-31-25(21)28-17-30(31)15-19-5-8-22(26)9-6-19/h5-10,12-14,16-17H,3-4,11,15H2,1-2H3/q+1. The van der Waals surface area contributed by atoms with Gasteiger partial charge in [-0.25, -0.2) is 9.37 Å². The number of nitrogens with zero attached hydrogens (tertiary/aromatic N) is 5. The van der Waals surface area contributed by atoms with Crippen LogP contribution >= 0.6 is 0 Å². The molecule has 6 nitrogen and oxygen atoms in total. The minimum atomic E-state index is -0.219. The van der Waals surface area contributed by atoms with Crippen LogP contribution in [0.1, 0.15) is 35.5 Å². The summed E-state index contributed by atoms with van der Waals surface area (Å²) in [5, 5.41) is 0. The van der Waals surface area contributed by atoms with Gasteiger partial charge in [0.05, 0.1) is 31.4 Å². The number of hydrogen-bond acceptors (Lipinski definition) is 3.